The van der Waals surface area contributed by atoms with E-state index in [-0.39, 0.29) is 23.9 Å². The minimum Gasteiger partial charge on any atom is -0.494 e. The van der Waals surface area contributed by atoms with E-state index in [2.05, 4.69) is 26.3 Å². The SMILES string of the molecule is C=CC(=O)OCCCCCCCCCCCOc1ccc(C(=O)Oc2ccc(OC(=O)c3ccc(OCCCCCCCCCCCOC(=O)C=C)cc3)c3ccccc23)cc1.C=CC(=O)OCCCCCCCCCCOc1ccc(C(=O)Oc2ccc(OC(=O)c3ccc(OCCCCCCCCCCOC(=O)C=C)cc3)c3ccccc23)cc1. The second kappa shape index (κ2) is 59.8. The predicted octanol–water partition coefficient (Wildman–Crippen LogP) is 24.3. The summed E-state index contributed by atoms with van der Waals surface area (Å²) in [7, 11) is 0. The number of benzene rings is 8. The minimum atomic E-state index is -0.509. The van der Waals surface area contributed by atoms with Crippen LogP contribution in [-0.4, -0.2) is 101 Å². The summed E-state index contributed by atoms with van der Waals surface area (Å²) < 4.78 is 66.9. The summed E-state index contributed by atoms with van der Waals surface area (Å²) in [5.74, 6) is 0.737. The van der Waals surface area contributed by atoms with Gasteiger partial charge in [-0.25, -0.2) is 38.4 Å². The molecule has 0 amide bonds. The lowest BCUT2D eigenvalue weighted by molar-refractivity contribution is -0.138. The van der Waals surface area contributed by atoms with E-state index in [1.165, 1.54) is 101 Å². The van der Waals surface area contributed by atoms with E-state index in [0.29, 0.717) is 143 Å². The first-order chi connectivity index (χ1) is 59.7. The van der Waals surface area contributed by atoms with Gasteiger partial charge in [0.05, 0.1) is 75.1 Å². The van der Waals surface area contributed by atoms with Crippen LogP contribution in [0.2, 0.25) is 0 Å². The molecule has 0 aromatic heterocycles. The first kappa shape index (κ1) is 97.3. The van der Waals surface area contributed by atoms with Crippen molar-refractivity contribution in [1.29, 1.82) is 0 Å². The van der Waals surface area contributed by atoms with Crippen molar-refractivity contribution in [3.8, 4) is 46.0 Å². The van der Waals surface area contributed by atoms with Gasteiger partial charge in [-0.2, -0.15) is 0 Å². The van der Waals surface area contributed by atoms with Crippen molar-refractivity contribution in [1.82, 2.24) is 0 Å². The van der Waals surface area contributed by atoms with Crippen molar-refractivity contribution >= 4 is 69.3 Å². The molecular weight excluding hydrogens is 1550 g/mol. The van der Waals surface area contributed by atoms with Crippen LogP contribution in [0.3, 0.4) is 0 Å². The van der Waals surface area contributed by atoms with Gasteiger partial charge in [0.15, 0.2) is 0 Å². The standard InChI is InChI=1S/C52H64O10.C50H60O10/c1-3-49(53)59-39-23-17-13-9-5-7-11-15-21-37-57-43-31-27-41(28-32-43)51(55)61-47-35-36-48(46-26-20-19-25-45(46)47)62-52(56)42-29-33-44(34-30-42)58-38-22-16-12-8-6-10-14-18-24-40-60-50(54)4-2;1-3-47(51)57-37-21-15-11-7-5-9-13-19-35-55-41-29-25-39(26-30-41)49(53)59-45-33-34-46(44-24-18-17-23-43(44)45)60-50(54)40-27-31-42(32-28-40)56-36-20-14-10-6-8-12-16-22-38-58-48(52)4-2/h3-4,19-20,25-36H,1-2,5-18,21-24,37-40H2;3-4,17-18,23-34H,1-2,5-16,19-22,35-38H2. The molecule has 8 aromatic rings. The molecule has 0 saturated carbocycles. The quantitative estimate of drug-likeness (QED) is 0.0113. The lowest BCUT2D eigenvalue weighted by Crippen LogP contribution is -2.10. The molecule has 0 radical (unpaired) electrons. The molecule has 0 unspecified atom stereocenters. The van der Waals surface area contributed by atoms with Crippen LogP contribution in [0.4, 0.5) is 0 Å². The van der Waals surface area contributed by atoms with Gasteiger partial charge in [0.2, 0.25) is 0 Å². The predicted molar refractivity (Wildman–Crippen MR) is 477 cm³/mol. The Kier molecular flexibility index (Phi) is 47.7. The van der Waals surface area contributed by atoms with Gasteiger partial charge in [0.1, 0.15) is 46.0 Å². The van der Waals surface area contributed by atoms with Crippen LogP contribution in [0.15, 0.2) is 220 Å². The molecule has 20 nitrogen and oxygen atoms in total. The van der Waals surface area contributed by atoms with Crippen LogP contribution >= 0.6 is 0 Å². The molecular formula is C102H124O20. The average Bonchev–Trinajstić information content (AvgIpc) is 0.798. The molecule has 122 heavy (non-hydrogen) atoms. The fourth-order valence-corrected chi connectivity index (χ4v) is 13.3. The monoisotopic (exact) mass is 1670 g/mol. The normalized spacial score (nSPS) is 10.8. The first-order valence-corrected chi connectivity index (χ1v) is 43.8. The van der Waals surface area contributed by atoms with Gasteiger partial charge >= 0.3 is 47.8 Å². The molecule has 0 atom stereocenters. The van der Waals surface area contributed by atoms with Gasteiger partial charge in [-0.1, -0.05) is 242 Å². The second-order valence-electron chi connectivity index (χ2n) is 29.8. The Bertz CT molecular complexity index is 4190. The molecule has 0 N–H and O–H groups in total. The van der Waals surface area contributed by atoms with Crippen molar-refractivity contribution in [2.24, 2.45) is 0 Å². The maximum atomic E-state index is 13.2. The Labute approximate surface area is 720 Å². The largest absolute Gasteiger partial charge is 0.494 e. The zero-order chi connectivity index (χ0) is 86.7. The van der Waals surface area contributed by atoms with Crippen molar-refractivity contribution in [3.63, 3.8) is 0 Å². The third kappa shape index (κ3) is 39.2. The highest BCUT2D eigenvalue weighted by atomic mass is 16.6. The highest BCUT2D eigenvalue weighted by Gasteiger charge is 2.20. The molecule has 0 bridgehead atoms. The number of hydrogen-bond donors (Lipinski definition) is 0. The summed E-state index contributed by atoms with van der Waals surface area (Å²) in [6.07, 6.45) is 41.8. The molecule has 0 aliphatic rings. The van der Waals surface area contributed by atoms with Crippen LogP contribution in [0.5, 0.6) is 46.0 Å². The van der Waals surface area contributed by atoms with E-state index in [9.17, 15) is 38.4 Å². The van der Waals surface area contributed by atoms with E-state index in [1.54, 1.807) is 121 Å². The van der Waals surface area contributed by atoms with Gasteiger partial charge in [0, 0.05) is 45.8 Å². The lowest BCUT2D eigenvalue weighted by atomic mass is 10.1. The third-order valence-electron chi connectivity index (χ3n) is 20.2. The fraction of sp³-hybridized carbons (Fsp3) is 0.412. The van der Waals surface area contributed by atoms with Crippen molar-refractivity contribution < 1.29 is 95.2 Å². The highest BCUT2D eigenvalue weighted by Crippen LogP contribution is 2.37. The summed E-state index contributed by atoms with van der Waals surface area (Å²) in [5, 5.41) is 2.55. The molecule has 8 rings (SSSR count). The number of esters is 8. The summed E-state index contributed by atoms with van der Waals surface area (Å²) in [6.45, 7) is 17.8. The summed E-state index contributed by atoms with van der Waals surface area (Å²) >= 11 is 0. The number of unbranched alkanes of at least 4 members (excludes halogenated alkanes) is 30. The Morgan fingerprint density at radius 2 is 0.352 bits per heavy atom. The van der Waals surface area contributed by atoms with Crippen molar-refractivity contribution in [2.75, 3.05) is 52.9 Å². The molecule has 8 aromatic carbocycles. The van der Waals surface area contributed by atoms with Gasteiger partial charge < -0.3 is 56.8 Å². The van der Waals surface area contributed by atoms with Gasteiger partial charge in [-0.3, -0.25) is 0 Å². The van der Waals surface area contributed by atoms with Crippen molar-refractivity contribution in [3.05, 3.63) is 243 Å². The zero-order valence-electron chi connectivity index (χ0n) is 71.2. The maximum absolute atomic E-state index is 13.2. The molecule has 0 aliphatic heterocycles. The number of ether oxygens (including phenoxy) is 12. The van der Waals surface area contributed by atoms with E-state index in [1.807, 2.05) is 48.5 Å². The van der Waals surface area contributed by atoms with Crippen molar-refractivity contribution in [2.45, 2.75) is 218 Å². The molecule has 0 heterocycles. The van der Waals surface area contributed by atoms with Gasteiger partial charge in [-0.15, -0.1) is 0 Å². The average molecular weight is 1670 g/mol. The lowest BCUT2D eigenvalue weighted by Gasteiger charge is -2.12. The third-order valence-corrected chi connectivity index (χ3v) is 20.2. The van der Waals surface area contributed by atoms with E-state index in [0.717, 1.165) is 141 Å². The first-order valence-electron chi connectivity index (χ1n) is 43.8. The molecule has 0 saturated heterocycles. The maximum Gasteiger partial charge on any atom is 0.343 e. The molecule has 652 valence electrons. The van der Waals surface area contributed by atoms with Crippen LogP contribution in [0, 0.1) is 0 Å². The Balaban J connectivity index is 0.000000336. The number of carbonyl (C=O) groups excluding carboxylic acids is 8. The van der Waals surface area contributed by atoms with Crippen LogP contribution < -0.4 is 37.9 Å². The summed E-state index contributed by atoms with van der Waals surface area (Å²) in [5.41, 5.74) is 1.56. The van der Waals surface area contributed by atoms with Crippen LogP contribution in [0.25, 0.3) is 21.5 Å². The molecule has 0 fully saturated rings. The van der Waals surface area contributed by atoms with E-state index in [4.69, 9.17) is 56.8 Å². The molecule has 0 aliphatic carbocycles. The van der Waals surface area contributed by atoms with E-state index >= 15 is 0 Å². The second-order valence-corrected chi connectivity index (χ2v) is 29.8. The minimum absolute atomic E-state index is 0.354. The smallest absolute Gasteiger partial charge is 0.343 e. The molecule has 20 heteroatoms. The van der Waals surface area contributed by atoms with Crippen LogP contribution in [-0.2, 0) is 38.1 Å². The number of rotatable bonds is 62. The highest BCUT2D eigenvalue weighted by molar-refractivity contribution is 6.02. The zero-order valence-corrected chi connectivity index (χ0v) is 71.2. The van der Waals surface area contributed by atoms with E-state index < -0.39 is 23.9 Å². The number of fused-ring (bicyclic) bond motifs is 2. The Morgan fingerprint density at radius 1 is 0.197 bits per heavy atom. The fourth-order valence-electron chi connectivity index (χ4n) is 13.3. The topological polar surface area (TPSA) is 247 Å². The van der Waals surface area contributed by atoms with Crippen LogP contribution in [0.1, 0.15) is 260 Å². The number of carbonyl (C=O) groups is 8. The van der Waals surface area contributed by atoms with Gasteiger partial charge in [-0.05, 0) is 173 Å². The Morgan fingerprint density at radius 3 is 0.516 bits per heavy atom. The number of hydrogen-bond acceptors (Lipinski definition) is 20. The van der Waals surface area contributed by atoms with Gasteiger partial charge in [0.25, 0.3) is 0 Å². The summed E-state index contributed by atoms with van der Waals surface area (Å²) in [4.78, 5) is 96.8. The summed E-state index contributed by atoms with van der Waals surface area (Å²) in [6, 6.07) is 48.9. The Hall–Kier alpha value is -11.8. The molecule has 0 spiro atoms.